The zero-order chi connectivity index (χ0) is 14.0. The number of nitrogens with one attached hydrogen (secondary N) is 1. The van der Waals surface area contributed by atoms with Crippen LogP contribution in [0.4, 0.5) is 23.4 Å². The zero-order valence-electron chi connectivity index (χ0n) is 9.04. The number of carbonyl (C=O) groups is 1. The molecule has 0 aliphatic rings. The molecular weight excluding hydrogens is 266 g/mol. The topological polar surface area (TPSA) is 86.5 Å². The van der Waals surface area contributed by atoms with Gasteiger partial charge in [-0.25, -0.2) is 4.63 Å². The molecule has 1 amide bonds. The van der Waals surface area contributed by atoms with Crippen LogP contribution in [0.1, 0.15) is 0 Å². The summed E-state index contributed by atoms with van der Waals surface area (Å²) in [5, 5.41) is 7.60. The molecule has 1 rings (SSSR count). The van der Waals surface area contributed by atoms with Crippen LogP contribution in [0.15, 0.2) is 4.63 Å². The maximum Gasteiger partial charge on any atom is 0.458 e. The Morgan fingerprint density at radius 1 is 1.28 bits per heavy atom. The van der Waals surface area contributed by atoms with Gasteiger partial charge in [0.25, 0.3) is 0 Å². The summed E-state index contributed by atoms with van der Waals surface area (Å²) < 4.78 is 62.5. The van der Waals surface area contributed by atoms with Crippen LogP contribution in [-0.4, -0.2) is 42.5 Å². The Morgan fingerprint density at radius 2 is 1.89 bits per heavy atom. The van der Waals surface area contributed by atoms with Crippen LogP contribution in [-0.2, 0) is 9.53 Å². The molecule has 1 atom stereocenters. The van der Waals surface area contributed by atoms with E-state index >= 15 is 0 Å². The summed E-state index contributed by atoms with van der Waals surface area (Å²) in [7, 11) is 1.49. The highest BCUT2D eigenvalue weighted by atomic mass is 19.4. The molecule has 1 aromatic rings. The maximum absolute atomic E-state index is 13.4. The monoisotopic (exact) mass is 273 g/mol. The van der Waals surface area contributed by atoms with E-state index in [1.165, 1.54) is 5.32 Å². The minimum absolute atomic E-state index is 0.394. The Balaban J connectivity index is 2.94. The fourth-order valence-corrected chi connectivity index (χ4v) is 0.916. The van der Waals surface area contributed by atoms with Crippen LogP contribution in [0.5, 0.6) is 5.88 Å². The summed E-state index contributed by atoms with van der Waals surface area (Å²) in [5.41, 5.74) is 0. The van der Waals surface area contributed by atoms with E-state index in [0.717, 1.165) is 7.11 Å². The van der Waals surface area contributed by atoms with Crippen molar-refractivity contribution >= 4 is 11.7 Å². The number of rotatable bonds is 4. The number of methoxy groups -OCH3 is 2. The van der Waals surface area contributed by atoms with E-state index in [1.807, 2.05) is 0 Å². The second-order valence-corrected chi connectivity index (χ2v) is 2.87. The quantitative estimate of drug-likeness (QED) is 0.820. The largest absolute Gasteiger partial charge is 0.476 e. The van der Waals surface area contributed by atoms with Crippen molar-refractivity contribution in [3.8, 4) is 5.88 Å². The van der Waals surface area contributed by atoms with Gasteiger partial charge in [-0.1, -0.05) is 0 Å². The number of nitrogens with zero attached hydrogens (tertiary/aromatic N) is 2. The minimum Gasteiger partial charge on any atom is -0.476 e. The lowest BCUT2D eigenvalue weighted by Crippen LogP contribution is -2.52. The summed E-state index contributed by atoms with van der Waals surface area (Å²) in [6.45, 7) is 0. The van der Waals surface area contributed by atoms with E-state index in [2.05, 4.69) is 24.4 Å². The number of ether oxygens (including phenoxy) is 2. The van der Waals surface area contributed by atoms with Gasteiger partial charge in [-0.3, -0.25) is 10.1 Å². The smallest absolute Gasteiger partial charge is 0.458 e. The summed E-state index contributed by atoms with van der Waals surface area (Å²) >= 11 is 0. The number of alkyl halides is 4. The summed E-state index contributed by atoms with van der Waals surface area (Å²) in [4.78, 5) is 11.2. The van der Waals surface area contributed by atoms with Crippen LogP contribution in [0.3, 0.4) is 0 Å². The first kappa shape index (κ1) is 14.2. The van der Waals surface area contributed by atoms with Gasteiger partial charge in [0.05, 0.1) is 7.11 Å². The number of aromatic nitrogens is 2. The maximum atomic E-state index is 13.4. The molecule has 1 heterocycles. The van der Waals surface area contributed by atoms with Crippen molar-refractivity contribution in [1.82, 2.24) is 10.3 Å². The number of amides is 1. The lowest BCUT2D eigenvalue weighted by molar-refractivity contribution is -0.305. The van der Waals surface area contributed by atoms with Crippen LogP contribution in [0.25, 0.3) is 0 Å². The second kappa shape index (κ2) is 4.76. The van der Waals surface area contributed by atoms with Crippen molar-refractivity contribution in [2.45, 2.75) is 12.0 Å². The van der Waals surface area contributed by atoms with Crippen molar-refractivity contribution in [2.24, 2.45) is 0 Å². The third-order valence-electron chi connectivity index (χ3n) is 1.82. The van der Waals surface area contributed by atoms with E-state index in [9.17, 15) is 22.4 Å². The minimum atomic E-state index is -5.56. The third kappa shape index (κ3) is 2.34. The molecule has 1 N–H and O–H groups in total. The summed E-state index contributed by atoms with van der Waals surface area (Å²) in [6, 6.07) is 0. The molecule has 0 spiro atoms. The molecule has 1 aromatic heterocycles. The van der Waals surface area contributed by atoms with Crippen LogP contribution in [0, 0.1) is 0 Å². The molecule has 0 aromatic carbocycles. The van der Waals surface area contributed by atoms with Crippen molar-refractivity contribution in [1.29, 1.82) is 0 Å². The molecule has 11 heteroatoms. The SMILES string of the molecule is COc1nonc1NC(=O)C(F)(OC)C(F)(F)F. The van der Waals surface area contributed by atoms with Gasteiger partial charge < -0.3 is 9.47 Å². The zero-order valence-corrected chi connectivity index (χ0v) is 9.04. The number of anilines is 1. The van der Waals surface area contributed by atoms with Gasteiger partial charge in [-0.05, 0) is 10.3 Å². The first-order valence-electron chi connectivity index (χ1n) is 4.25. The van der Waals surface area contributed by atoms with Gasteiger partial charge in [0, 0.05) is 7.11 Å². The standard InChI is InChI=1S/C7H7F4N3O4/c1-16-4-3(13-18-14-4)12-5(15)6(8,17-2)7(9,10)11/h1-2H3,(H,12,13,15). The fraction of sp³-hybridized carbons (Fsp3) is 0.571. The van der Waals surface area contributed by atoms with E-state index in [-0.39, 0.29) is 0 Å². The predicted molar refractivity (Wildman–Crippen MR) is 46.4 cm³/mol. The molecule has 0 aliphatic carbocycles. The van der Waals surface area contributed by atoms with Crippen molar-refractivity contribution in [3.63, 3.8) is 0 Å². The Hall–Kier alpha value is -1.91. The highest BCUT2D eigenvalue weighted by Crippen LogP contribution is 2.36. The van der Waals surface area contributed by atoms with Gasteiger partial charge in [0.1, 0.15) is 0 Å². The molecule has 0 bridgehead atoms. The Labute approximate surface area is 97.0 Å². The van der Waals surface area contributed by atoms with Gasteiger partial charge >= 0.3 is 23.8 Å². The number of carbonyl (C=O) groups excluding carboxylic acids is 1. The van der Waals surface area contributed by atoms with Crippen molar-refractivity contribution in [3.05, 3.63) is 0 Å². The average Bonchev–Trinajstić information content (AvgIpc) is 2.73. The average molecular weight is 273 g/mol. The molecule has 0 fully saturated rings. The lowest BCUT2D eigenvalue weighted by Gasteiger charge is -2.24. The molecule has 0 aliphatic heterocycles. The molecule has 1 unspecified atom stereocenters. The van der Waals surface area contributed by atoms with Gasteiger partial charge in [0.15, 0.2) is 0 Å². The fourth-order valence-electron chi connectivity index (χ4n) is 0.916. The van der Waals surface area contributed by atoms with Crippen molar-refractivity contribution in [2.75, 3.05) is 19.5 Å². The highest BCUT2D eigenvalue weighted by Gasteiger charge is 2.63. The second-order valence-electron chi connectivity index (χ2n) is 2.87. The van der Waals surface area contributed by atoms with Crippen molar-refractivity contribution < 1.29 is 36.5 Å². The Morgan fingerprint density at radius 3 is 2.33 bits per heavy atom. The number of halogens is 4. The van der Waals surface area contributed by atoms with Crippen LogP contribution >= 0.6 is 0 Å². The van der Waals surface area contributed by atoms with E-state index in [4.69, 9.17) is 0 Å². The van der Waals surface area contributed by atoms with Crippen LogP contribution < -0.4 is 10.1 Å². The van der Waals surface area contributed by atoms with Gasteiger partial charge in [0.2, 0.25) is 5.82 Å². The molecule has 102 valence electrons. The summed E-state index contributed by atoms with van der Waals surface area (Å²) in [6.07, 6.45) is -5.56. The third-order valence-corrected chi connectivity index (χ3v) is 1.82. The Kier molecular flexibility index (Phi) is 3.74. The van der Waals surface area contributed by atoms with E-state index in [1.54, 1.807) is 0 Å². The highest BCUT2D eigenvalue weighted by molar-refractivity contribution is 5.96. The Bertz CT molecular complexity index is 435. The summed E-state index contributed by atoms with van der Waals surface area (Å²) in [5.74, 6) is -7.67. The van der Waals surface area contributed by atoms with Crippen LogP contribution in [0.2, 0.25) is 0 Å². The first-order valence-corrected chi connectivity index (χ1v) is 4.25. The van der Waals surface area contributed by atoms with E-state index < -0.39 is 29.6 Å². The normalized spacial score (nSPS) is 15.0. The van der Waals surface area contributed by atoms with Gasteiger partial charge in [-0.2, -0.15) is 17.6 Å². The molecule has 0 saturated carbocycles. The molecule has 7 nitrogen and oxygen atoms in total. The number of hydrogen-bond acceptors (Lipinski definition) is 6. The molecule has 18 heavy (non-hydrogen) atoms. The predicted octanol–water partition coefficient (Wildman–Crippen LogP) is 0.891. The number of hydrogen-bond donors (Lipinski definition) is 1. The lowest BCUT2D eigenvalue weighted by atomic mass is 10.2. The molecule has 0 radical (unpaired) electrons. The first-order chi connectivity index (χ1) is 8.26. The van der Waals surface area contributed by atoms with Gasteiger partial charge in [-0.15, -0.1) is 0 Å². The molecule has 0 saturated heterocycles. The van der Waals surface area contributed by atoms with E-state index in [0.29, 0.717) is 7.11 Å². The molecular formula is C7H7F4N3O4.